The predicted octanol–water partition coefficient (Wildman–Crippen LogP) is 7.11. The maximum absolute atomic E-state index is 6.06. The third-order valence-electron chi connectivity index (χ3n) is 4.43. The van der Waals surface area contributed by atoms with E-state index < -0.39 is 0 Å². The van der Waals surface area contributed by atoms with Crippen LogP contribution < -0.4 is 5.01 Å². The number of nitrogens with zero attached hydrogens (tertiary/aromatic N) is 2. The average Bonchev–Trinajstić information content (AvgIpc) is 3.09. The Hall–Kier alpha value is -1.81. The van der Waals surface area contributed by atoms with E-state index in [1.807, 2.05) is 48.5 Å². The van der Waals surface area contributed by atoms with Crippen LogP contribution in [0.15, 0.2) is 82.4 Å². The molecule has 26 heavy (non-hydrogen) atoms. The molecule has 0 bridgehead atoms. The van der Waals surface area contributed by atoms with E-state index in [1.165, 1.54) is 5.56 Å². The molecule has 0 spiro atoms. The maximum atomic E-state index is 6.06. The van der Waals surface area contributed by atoms with Crippen molar-refractivity contribution in [2.24, 2.45) is 5.10 Å². The van der Waals surface area contributed by atoms with Crippen LogP contribution in [0.1, 0.15) is 23.6 Å². The van der Waals surface area contributed by atoms with Crippen molar-refractivity contribution in [1.82, 2.24) is 0 Å². The first-order valence-electron chi connectivity index (χ1n) is 8.24. The van der Waals surface area contributed by atoms with Crippen molar-refractivity contribution < 1.29 is 0 Å². The maximum Gasteiger partial charge on any atom is 0.0831 e. The molecule has 0 aromatic heterocycles. The Morgan fingerprint density at radius 2 is 1.38 bits per heavy atom. The van der Waals surface area contributed by atoms with Gasteiger partial charge in [-0.3, -0.25) is 5.01 Å². The van der Waals surface area contributed by atoms with Crippen LogP contribution in [-0.4, -0.2) is 5.71 Å². The smallest absolute Gasteiger partial charge is 0.0831 e. The van der Waals surface area contributed by atoms with Crippen LogP contribution in [0.3, 0.4) is 0 Å². The van der Waals surface area contributed by atoms with Gasteiger partial charge in [-0.05, 0) is 59.7 Å². The minimum Gasteiger partial charge on any atom is -0.257 e. The summed E-state index contributed by atoms with van der Waals surface area (Å²) in [6.45, 7) is 0. The first-order chi connectivity index (χ1) is 12.6. The highest BCUT2D eigenvalue weighted by Crippen LogP contribution is 2.37. The summed E-state index contributed by atoms with van der Waals surface area (Å²) in [5.41, 5.74) is 4.37. The number of hydrogen-bond acceptors (Lipinski definition) is 2. The summed E-state index contributed by atoms with van der Waals surface area (Å²) in [7, 11) is 0. The van der Waals surface area contributed by atoms with E-state index in [1.54, 1.807) is 0 Å². The van der Waals surface area contributed by atoms with Crippen molar-refractivity contribution in [2.75, 3.05) is 5.01 Å². The minimum atomic E-state index is 0.134. The number of hydrazone groups is 1. The first kappa shape index (κ1) is 17.6. The standard InChI is InChI=1S/C21H15BrCl2N2/c22-16-5-1-15(2-6-16)21-13-20(14-3-7-17(23)8-4-14)25-26(21)19-11-9-18(24)10-12-19/h1-12,21H,13H2/t21-/m1/s1. The van der Waals surface area contributed by atoms with Crippen molar-refractivity contribution in [2.45, 2.75) is 12.5 Å². The van der Waals surface area contributed by atoms with Gasteiger partial charge < -0.3 is 0 Å². The Bertz CT molecular complexity index is 935. The average molecular weight is 446 g/mol. The number of anilines is 1. The third-order valence-corrected chi connectivity index (χ3v) is 5.47. The molecular formula is C21H15BrCl2N2. The number of rotatable bonds is 3. The monoisotopic (exact) mass is 444 g/mol. The Labute approximate surface area is 171 Å². The van der Waals surface area contributed by atoms with Crippen molar-refractivity contribution in [3.63, 3.8) is 0 Å². The Balaban J connectivity index is 1.74. The molecule has 0 unspecified atom stereocenters. The van der Waals surface area contributed by atoms with Crippen molar-refractivity contribution in [3.05, 3.63) is 98.4 Å². The molecule has 0 saturated heterocycles. The molecule has 0 saturated carbocycles. The topological polar surface area (TPSA) is 15.6 Å². The molecule has 3 aromatic rings. The highest BCUT2D eigenvalue weighted by Gasteiger charge is 2.29. The van der Waals surface area contributed by atoms with Crippen LogP contribution >= 0.6 is 39.1 Å². The van der Waals surface area contributed by atoms with Crippen molar-refractivity contribution in [1.29, 1.82) is 0 Å². The van der Waals surface area contributed by atoms with Crippen LogP contribution in [0.25, 0.3) is 0 Å². The summed E-state index contributed by atoms with van der Waals surface area (Å²) in [5, 5.41) is 8.44. The van der Waals surface area contributed by atoms with Crippen molar-refractivity contribution in [3.8, 4) is 0 Å². The van der Waals surface area contributed by atoms with Gasteiger partial charge in [0.15, 0.2) is 0 Å². The lowest BCUT2D eigenvalue weighted by atomic mass is 9.98. The normalized spacial score (nSPS) is 16.7. The van der Waals surface area contributed by atoms with Crippen LogP contribution in [0, 0.1) is 0 Å². The first-order valence-corrected chi connectivity index (χ1v) is 9.79. The van der Waals surface area contributed by atoms with E-state index in [2.05, 4.69) is 45.2 Å². The predicted molar refractivity (Wildman–Crippen MR) is 113 cm³/mol. The van der Waals surface area contributed by atoms with Crippen LogP contribution in [0.2, 0.25) is 10.0 Å². The van der Waals surface area contributed by atoms with Gasteiger partial charge in [0.25, 0.3) is 0 Å². The number of hydrogen-bond donors (Lipinski definition) is 0. The quantitative estimate of drug-likeness (QED) is 0.419. The fraction of sp³-hybridized carbons (Fsp3) is 0.0952. The van der Waals surface area contributed by atoms with E-state index in [0.29, 0.717) is 0 Å². The molecule has 5 heteroatoms. The molecule has 3 aromatic carbocycles. The van der Waals surface area contributed by atoms with E-state index >= 15 is 0 Å². The molecule has 0 radical (unpaired) electrons. The fourth-order valence-corrected chi connectivity index (χ4v) is 3.62. The largest absolute Gasteiger partial charge is 0.257 e. The Morgan fingerprint density at radius 1 is 0.808 bits per heavy atom. The van der Waals surface area contributed by atoms with Crippen LogP contribution in [0.4, 0.5) is 5.69 Å². The molecule has 130 valence electrons. The van der Waals surface area contributed by atoms with Crippen LogP contribution in [0.5, 0.6) is 0 Å². The molecule has 0 fully saturated rings. The summed E-state index contributed by atoms with van der Waals surface area (Å²) in [4.78, 5) is 0. The van der Waals surface area contributed by atoms with Gasteiger partial charge in [0.05, 0.1) is 17.4 Å². The SMILES string of the molecule is Clc1ccc(C2=NN(c3ccc(Cl)cc3)[C@@H](c3ccc(Br)cc3)C2)cc1. The molecule has 4 rings (SSSR count). The molecule has 1 aliphatic rings. The number of benzene rings is 3. The van der Waals surface area contributed by atoms with E-state index in [-0.39, 0.29) is 6.04 Å². The minimum absolute atomic E-state index is 0.134. The summed E-state index contributed by atoms with van der Waals surface area (Å²) in [6, 6.07) is 24.2. The summed E-state index contributed by atoms with van der Waals surface area (Å²) >= 11 is 15.6. The van der Waals surface area contributed by atoms with E-state index in [4.69, 9.17) is 28.3 Å². The van der Waals surface area contributed by atoms with Gasteiger partial charge >= 0.3 is 0 Å². The fourth-order valence-electron chi connectivity index (χ4n) is 3.10. The van der Waals surface area contributed by atoms with Gasteiger partial charge in [-0.1, -0.05) is 63.4 Å². The Morgan fingerprint density at radius 3 is 2.00 bits per heavy atom. The van der Waals surface area contributed by atoms with Gasteiger partial charge in [-0.25, -0.2) is 0 Å². The lowest BCUT2D eigenvalue weighted by molar-refractivity contribution is 0.709. The summed E-state index contributed by atoms with van der Waals surface area (Å²) in [5.74, 6) is 0. The lowest BCUT2D eigenvalue weighted by Gasteiger charge is -2.24. The zero-order valence-corrected chi connectivity index (χ0v) is 16.8. The van der Waals surface area contributed by atoms with E-state index in [9.17, 15) is 0 Å². The second kappa shape index (κ2) is 7.43. The molecule has 2 nitrogen and oxygen atoms in total. The van der Waals surface area contributed by atoms with E-state index in [0.717, 1.165) is 37.9 Å². The Kier molecular flexibility index (Phi) is 5.03. The second-order valence-corrected chi connectivity index (χ2v) is 7.93. The van der Waals surface area contributed by atoms with Gasteiger partial charge in [0, 0.05) is 20.9 Å². The lowest BCUT2D eigenvalue weighted by Crippen LogP contribution is -2.18. The van der Waals surface area contributed by atoms with Gasteiger partial charge in [-0.2, -0.15) is 5.10 Å². The number of halogens is 3. The summed E-state index contributed by atoms with van der Waals surface area (Å²) < 4.78 is 1.07. The molecular weight excluding hydrogens is 431 g/mol. The second-order valence-electron chi connectivity index (χ2n) is 6.15. The molecule has 1 atom stereocenters. The zero-order valence-electron chi connectivity index (χ0n) is 13.7. The highest BCUT2D eigenvalue weighted by molar-refractivity contribution is 9.10. The molecule has 1 aliphatic heterocycles. The summed E-state index contributed by atoms with van der Waals surface area (Å²) in [6.07, 6.45) is 0.825. The van der Waals surface area contributed by atoms with Gasteiger partial charge in [0.1, 0.15) is 0 Å². The van der Waals surface area contributed by atoms with Gasteiger partial charge in [-0.15, -0.1) is 0 Å². The third kappa shape index (κ3) is 3.66. The van der Waals surface area contributed by atoms with Crippen molar-refractivity contribution >= 4 is 50.5 Å². The van der Waals surface area contributed by atoms with Crippen LogP contribution in [-0.2, 0) is 0 Å². The molecule has 1 heterocycles. The zero-order chi connectivity index (χ0) is 18.1. The highest BCUT2D eigenvalue weighted by atomic mass is 79.9. The molecule has 0 aliphatic carbocycles. The molecule has 0 amide bonds. The van der Waals surface area contributed by atoms with Gasteiger partial charge in [0.2, 0.25) is 0 Å². The molecule has 0 N–H and O–H groups in total.